The highest BCUT2D eigenvalue weighted by Crippen LogP contribution is 2.33. The molecule has 0 radical (unpaired) electrons. The second-order valence-electron chi connectivity index (χ2n) is 5.72. The van der Waals surface area contributed by atoms with Gasteiger partial charge in [0.2, 0.25) is 0 Å². The van der Waals surface area contributed by atoms with E-state index in [9.17, 15) is 0 Å². The van der Waals surface area contributed by atoms with E-state index in [0.29, 0.717) is 24.2 Å². The molecule has 0 aliphatic heterocycles. The molecule has 0 bridgehead atoms. The number of aryl methyl sites for hydroxylation is 1. The summed E-state index contributed by atoms with van der Waals surface area (Å²) in [6, 6.07) is 12.0. The van der Waals surface area contributed by atoms with E-state index in [-0.39, 0.29) is 24.0 Å². The van der Waals surface area contributed by atoms with Gasteiger partial charge in [0.15, 0.2) is 5.96 Å². The first-order chi connectivity index (χ1) is 11.3. The first-order valence-corrected chi connectivity index (χ1v) is 7.91. The van der Waals surface area contributed by atoms with Crippen molar-refractivity contribution in [3.63, 3.8) is 0 Å². The Hall–Kier alpha value is -1.83. The summed E-state index contributed by atoms with van der Waals surface area (Å²) in [5, 5.41) is 3.02. The van der Waals surface area contributed by atoms with Crippen molar-refractivity contribution < 1.29 is 4.74 Å². The third-order valence-electron chi connectivity index (χ3n) is 4.19. The molecule has 1 aromatic carbocycles. The van der Waals surface area contributed by atoms with E-state index in [1.54, 1.807) is 13.3 Å². The normalized spacial score (nSPS) is 16.7. The van der Waals surface area contributed by atoms with Crippen molar-refractivity contribution in [3.8, 4) is 5.75 Å². The van der Waals surface area contributed by atoms with Gasteiger partial charge in [-0.25, -0.2) is 4.98 Å². The van der Waals surface area contributed by atoms with Gasteiger partial charge in [0.05, 0.1) is 7.11 Å². The highest BCUT2D eigenvalue weighted by molar-refractivity contribution is 14.0. The van der Waals surface area contributed by atoms with Gasteiger partial charge in [0.25, 0.3) is 0 Å². The van der Waals surface area contributed by atoms with Crippen LogP contribution in [0.2, 0.25) is 0 Å². The largest absolute Gasteiger partial charge is 0.497 e. The SMILES string of the molecule is COc1ccc2c(c1)CCCC2CN=C(N)Nc1ccccn1.I. The van der Waals surface area contributed by atoms with E-state index in [2.05, 4.69) is 27.4 Å². The van der Waals surface area contributed by atoms with E-state index in [4.69, 9.17) is 10.5 Å². The number of nitrogens with zero attached hydrogens (tertiary/aromatic N) is 2. The number of rotatable bonds is 4. The molecule has 5 nitrogen and oxygen atoms in total. The minimum atomic E-state index is 0. The number of nitrogens with one attached hydrogen (secondary N) is 1. The summed E-state index contributed by atoms with van der Waals surface area (Å²) in [6.07, 6.45) is 5.14. The minimum absolute atomic E-state index is 0. The number of benzene rings is 1. The Morgan fingerprint density at radius 3 is 3.00 bits per heavy atom. The number of hydrogen-bond donors (Lipinski definition) is 2. The maximum atomic E-state index is 5.97. The predicted molar refractivity (Wildman–Crippen MR) is 108 cm³/mol. The third-order valence-corrected chi connectivity index (χ3v) is 4.19. The van der Waals surface area contributed by atoms with Gasteiger partial charge in [-0.15, -0.1) is 24.0 Å². The second-order valence-corrected chi connectivity index (χ2v) is 5.72. The van der Waals surface area contributed by atoms with Crippen LogP contribution in [-0.2, 0) is 6.42 Å². The molecule has 0 saturated heterocycles. The van der Waals surface area contributed by atoms with Gasteiger partial charge in [0.1, 0.15) is 11.6 Å². The number of nitrogens with two attached hydrogens (primary N) is 1. The van der Waals surface area contributed by atoms with Gasteiger partial charge in [-0.2, -0.15) is 0 Å². The molecule has 3 N–H and O–H groups in total. The molecular weight excluding hydrogens is 415 g/mol. The molecule has 1 aliphatic carbocycles. The monoisotopic (exact) mass is 438 g/mol. The summed E-state index contributed by atoms with van der Waals surface area (Å²) in [6.45, 7) is 0.686. The van der Waals surface area contributed by atoms with Crippen molar-refractivity contribution in [2.24, 2.45) is 10.7 Å². The number of hydrogen-bond acceptors (Lipinski definition) is 3. The van der Waals surface area contributed by atoms with Gasteiger partial charge in [-0.1, -0.05) is 12.1 Å². The number of ether oxygens (including phenoxy) is 1. The quantitative estimate of drug-likeness (QED) is 0.435. The zero-order chi connectivity index (χ0) is 16.1. The number of guanidine groups is 1. The fraction of sp³-hybridized carbons (Fsp3) is 0.333. The highest BCUT2D eigenvalue weighted by Gasteiger charge is 2.20. The van der Waals surface area contributed by atoms with Crippen molar-refractivity contribution >= 4 is 35.8 Å². The molecule has 6 heteroatoms. The summed E-state index contributed by atoms with van der Waals surface area (Å²) in [5.41, 5.74) is 8.70. The van der Waals surface area contributed by atoms with Crippen LogP contribution in [0.15, 0.2) is 47.6 Å². The summed E-state index contributed by atoms with van der Waals surface area (Å²) in [4.78, 5) is 8.68. The zero-order valence-corrected chi connectivity index (χ0v) is 16.1. The van der Waals surface area contributed by atoms with E-state index < -0.39 is 0 Å². The molecule has 128 valence electrons. The van der Waals surface area contributed by atoms with Crippen LogP contribution in [0.25, 0.3) is 0 Å². The van der Waals surface area contributed by atoms with Gasteiger partial charge in [-0.05, 0) is 54.7 Å². The Morgan fingerprint density at radius 2 is 2.25 bits per heavy atom. The number of pyridine rings is 1. The number of anilines is 1. The maximum absolute atomic E-state index is 5.97. The highest BCUT2D eigenvalue weighted by atomic mass is 127. The predicted octanol–water partition coefficient (Wildman–Crippen LogP) is 3.55. The van der Waals surface area contributed by atoms with Crippen LogP contribution in [-0.4, -0.2) is 24.6 Å². The lowest BCUT2D eigenvalue weighted by molar-refractivity contribution is 0.413. The van der Waals surface area contributed by atoms with Crippen LogP contribution in [0.3, 0.4) is 0 Å². The standard InChI is InChI=1S/C18H22N4O.HI/c1-23-15-8-9-16-13(11-15)5-4-6-14(16)12-21-18(19)22-17-7-2-3-10-20-17;/h2-3,7-11,14H,4-6,12H2,1H3,(H3,19,20,21,22);1H. The van der Waals surface area contributed by atoms with Gasteiger partial charge < -0.3 is 15.8 Å². The molecule has 1 aromatic heterocycles. The van der Waals surface area contributed by atoms with E-state index in [1.807, 2.05) is 24.3 Å². The molecule has 24 heavy (non-hydrogen) atoms. The van der Waals surface area contributed by atoms with Crippen molar-refractivity contribution in [3.05, 3.63) is 53.7 Å². The Labute approximate surface area is 159 Å². The summed E-state index contributed by atoms with van der Waals surface area (Å²) < 4.78 is 5.32. The second kappa shape index (κ2) is 8.86. The molecule has 1 atom stereocenters. The van der Waals surface area contributed by atoms with Crippen molar-refractivity contribution in [1.82, 2.24) is 4.98 Å². The van der Waals surface area contributed by atoms with E-state index in [1.165, 1.54) is 17.5 Å². The number of aliphatic imine (C=N–C) groups is 1. The summed E-state index contributed by atoms with van der Waals surface area (Å²) in [7, 11) is 1.70. The lowest BCUT2D eigenvalue weighted by atomic mass is 9.83. The Morgan fingerprint density at radius 1 is 1.38 bits per heavy atom. The first-order valence-electron chi connectivity index (χ1n) is 7.91. The number of halogens is 1. The molecular formula is C18H23IN4O. The van der Waals surface area contributed by atoms with Gasteiger partial charge in [-0.3, -0.25) is 4.99 Å². The summed E-state index contributed by atoms with van der Waals surface area (Å²) in [5.74, 6) is 2.45. The Kier molecular flexibility index (Phi) is 6.84. The topological polar surface area (TPSA) is 72.5 Å². The fourth-order valence-corrected chi connectivity index (χ4v) is 3.02. The molecule has 1 aliphatic rings. The van der Waals surface area contributed by atoms with Crippen molar-refractivity contribution in [2.45, 2.75) is 25.2 Å². The average Bonchev–Trinajstić information content (AvgIpc) is 2.60. The van der Waals surface area contributed by atoms with Crippen LogP contribution in [0.4, 0.5) is 5.82 Å². The number of fused-ring (bicyclic) bond motifs is 1. The lowest BCUT2D eigenvalue weighted by Crippen LogP contribution is -2.24. The van der Waals surface area contributed by atoms with Crippen LogP contribution < -0.4 is 15.8 Å². The molecule has 3 rings (SSSR count). The average molecular weight is 438 g/mol. The molecule has 0 amide bonds. The lowest BCUT2D eigenvalue weighted by Gasteiger charge is -2.24. The zero-order valence-electron chi connectivity index (χ0n) is 13.7. The van der Waals surface area contributed by atoms with Crippen molar-refractivity contribution in [1.29, 1.82) is 0 Å². The van der Waals surface area contributed by atoms with Gasteiger partial charge >= 0.3 is 0 Å². The minimum Gasteiger partial charge on any atom is -0.497 e. The third kappa shape index (κ3) is 4.59. The fourth-order valence-electron chi connectivity index (χ4n) is 3.02. The van der Waals surface area contributed by atoms with Crippen molar-refractivity contribution in [2.75, 3.05) is 19.0 Å². The Balaban J connectivity index is 0.00000208. The van der Waals surface area contributed by atoms with Crippen LogP contribution >= 0.6 is 24.0 Å². The van der Waals surface area contributed by atoms with Gasteiger partial charge in [0, 0.05) is 18.7 Å². The summed E-state index contributed by atoms with van der Waals surface area (Å²) >= 11 is 0. The number of aromatic nitrogens is 1. The van der Waals surface area contributed by atoms with E-state index >= 15 is 0 Å². The van der Waals surface area contributed by atoms with E-state index in [0.717, 1.165) is 18.6 Å². The van der Waals surface area contributed by atoms with Crippen LogP contribution in [0.1, 0.15) is 29.9 Å². The molecule has 0 fully saturated rings. The molecule has 2 aromatic rings. The molecule has 1 unspecified atom stereocenters. The molecule has 0 spiro atoms. The maximum Gasteiger partial charge on any atom is 0.194 e. The first kappa shape index (κ1) is 18.5. The van der Waals surface area contributed by atoms with Crippen LogP contribution in [0, 0.1) is 0 Å². The molecule has 1 heterocycles. The van der Waals surface area contributed by atoms with Crippen LogP contribution in [0.5, 0.6) is 5.75 Å². The Bertz CT molecular complexity index is 691. The molecule has 0 saturated carbocycles. The number of methoxy groups -OCH3 is 1. The smallest absolute Gasteiger partial charge is 0.194 e.